The second-order valence-electron chi connectivity index (χ2n) is 6.79. The number of hydrogen-bond acceptors (Lipinski definition) is 1. The maximum absolute atomic E-state index is 12.5. The summed E-state index contributed by atoms with van der Waals surface area (Å²) in [4.78, 5) is 14.0. The van der Waals surface area contributed by atoms with Crippen LogP contribution in [0.2, 0.25) is 0 Å². The maximum atomic E-state index is 12.5. The van der Waals surface area contributed by atoms with Crippen molar-refractivity contribution in [3.8, 4) is 0 Å². The number of carbonyl (C=O) groups is 1. The Kier molecular flexibility index (Phi) is 5.40. The van der Waals surface area contributed by atoms with Crippen LogP contribution in [0.5, 0.6) is 0 Å². The van der Waals surface area contributed by atoms with E-state index >= 15 is 0 Å². The predicted molar refractivity (Wildman–Crippen MR) is 87.7 cm³/mol. The van der Waals surface area contributed by atoms with Crippen molar-refractivity contribution >= 4 is 11.6 Å². The number of anilines is 1. The molecular weight excluding hydrogens is 260 g/mol. The Morgan fingerprint density at radius 3 is 2.43 bits per heavy atom. The van der Waals surface area contributed by atoms with Crippen molar-refractivity contribution in [3.05, 3.63) is 29.8 Å². The molecule has 0 bridgehead atoms. The molecule has 1 saturated heterocycles. The largest absolute Gasteiger partial charge is 0.325 e. The Morgan fingerprint density at radius 1 is 1.19 bits per heavy atom. The van der Waals surface area contributed by atoms with E-state index in [0.717, 1.165) is 24.7 Å². The van der Waals surface area contributed by atoms with Gasteiger partial charge in [-0.1, -0.05) is 39.0 Å². The summed E-state index contributed by atoms with van der Waals surface area (Å²) in [6.07, 6.45) is 2.46. The molecule has 1 aromatic carbocycles. The van der Waals surface area contributed by atoms with Crippen LogP contribution in [0.1, 0.15) is 52.0 Å². The number of amides is 1. The van der Waals surface area contributed by atoms with Gasteiger partial charge in [-0.3, -0.25) is 4.79 Å². The fourth-order valence-corrected chi connectivity index (χ4v) is 3.11. The van der Waals surface area contributed by atoms with E-state index in [9.17, 15) is 4.79 Å². The summed E-state index contributed by atoms with van der Waals surface area (Å²) in [5, 5.41) is 3.14. The Labute approximate surface area is 128 Å². The number of rotatable bonds is 4. The van der Waals surface area contributed by atoms with Gasteiger partial charge in [-0.05, 0) is 43.2 Å². The van der Waals surface area contributed by atoms with Crippen LogP contribution >= 0.6 is 0 Å². The number of benzene rings is 1. The molecule has 116 valence electrons. The molecule has 0 saturated carbocycles. The zero-order valence-electron chi connectivity index (χ0n) is 13.8. The third-order valence-electron chi connectivity index (χ3n) is 4.76. The van der Waals surface area contributed by atoms with Crippen molar-refractivity contribution in [2.24, 2.45) is 5.92 Å². The Hall–Kier alpha value is -1.35. The average molecular weight is 289 g/mol. The van der Waals surface area contributed by atoms with E-state index in [1.54, 1.807) is 0 Å². The summed E-state index contributed by atoms with van der Waals surface area (Å²) in [7, 11) is 0. The molecule has 1 aliphatic rings. The van der Waals surface area contributed by atoms with Gasteiger partial charge >= 0.3 is 0 Å². The number of piperidine rings is 1. The first kappa shape index (κ1) is 16.0. The molecule has 3 heteroatoms. The summed E-state index contributed by atoms with van der Waals surface area (Å²) >= 11 is 0. The highest BCUT2D eigenvalue weighted by molar-refractivity contribution is 5.94. The summed E-state index contributed by atoms with van der Waals surface area (Å²) in [5.41, 5.74) is 2.18. The van der Waals surface area contributed by atoms with Gasteiger partial charge in [-0.2, -0.15) is 0 Å². The Balaban J connectivity index is 2.01. The quantitative estimate of drug-likeness (QED) is 0.877. The second kappa shape index (κ2) is 7.08. The molecule has 21 heavy (non-hydrogen) atoms. The van der Waals surface area contributed by atoms with Crippen LogP contribution in [0.4, 0.5) is 5.69 Å². The van der Waals surface area contributed by atoms with Crippen LogP contribution < -0.4 is 10.2 Å². The van der Waals surface area contributed by atoms with Gasteiger partial charge in [0.15, 0.2) is 6.04 Å². The van der Waals surface area contributed by atoms with Crippen molar-refractivity contribution in [3.63, 3.8) is 0 Å². The van der Waals surface area contributed by atoms with Gasteiger partial charge in [0.2, 0.25) is 0 Å². The van der Waals surface area contributed by atoms with Crippen LogP contribution in [0, 0.1) is 5.92 Å². The lowest BCUT2D eigenvalue weighted by Gasteiger charge is -2.31. The molecule has 3 nitrogen and oxygen atoms in total. The molecule has 1 aliphatic heterocycles. The molecule has 2 N–H and O–H groups in total. The lowest BCUT2D eigenvalue weighted by Crippen LogP contribution is -3.17. The fourth-order valence-electron chi connectivity index (χ4n) is 3.11. The lowest BCUT2D eigenvalue weighted by atomic mass is 9.98. The summed E-state index contributed by atoms with van der Waals surface area (Å²) in [5.74, 6) is 1.37. The minimum absolute atomic E-state index is 0.0257. The molecule has 0 spiro atoms. The smallest absolute Gasteiger partial charge is 0.282 e. The van der Waals surface area contributed by atoms with Crippen LogP contribution in [0.15, 0.2) is 24.3 Å². The first-order chi connectivity index (χ1) is 9.99. The van der Waals surface area contributed by atoms with Gasteiger partial charge in [0, 0.05) is 5.69 Å². The normalized spacial score (nSPS) is 23.9. The third kappa shape index (κ3) is 4.07. The van der Waals surface area contributed by atoms with Gasteiger partial charge < -0.3 is 10.2 Å². The van der Waals surface area contributed by atoms with E-state index in [2.05, 4.69) is 39.1 Å². The summed E-state index contributed by atoms with van der Waals surface area (Å²) in [6, 6.07) is 8.15. The van der Waals surface area contributed by atoms with Crippen molar-refractivity contribution in [2.75, 3.05) is 18.4 Å². The first-order valence-corrected chi connectivity index (χ1v) is 8.23. The lowest BCUT2D eigenvalue weighted by molar-refractivity contribution is -0.919. The van der Waals surface area contributed by atoms with E-state index in [-0.39, 0.29) is 11.9 Å². The number of carbonyl (C=O) groups excluding carboxylic acids is 1. The molecule has 2 rings (SSSR count). The van der Waals surface area contributed by atoms with Crippen LogP contribution in [0.25, 0.3) is 0 Å². The SMILES string of the molecule is CC1CC[NH+]([C@H](C)C(=O)Nc2ccccc2C(C)C)CC1. The number of quaternary nitrogens is 1. The van der Waals surface area contributed by atoms with Crippen LogP contribution in [0.3, 0.4) is 0 Å². The van der Waals surface area contributed by atoms with E-state index < -0.39 is 0 Å². The van der Waals surface area contributed by atoms with Crippen molar-refractivity contribution < 1.29 is 9.69 Å². The molecule has 1 atom stereocenters. The van der Waals surface area contributed by atoms with Gasteiger partial charge in [-0.15, -0.1) is 0 Å². The zero-order valence-corrected chi connectivity index (χ0v) is 13.8. The molecule has 0 aromatic heterocycles. The molecule has 1 aromatic rings. The van der Waals surface area contributed by atoms with E-state index in [1.165, 1.54) is 23.3 Å². The monoisotopic (exact) mass is 289 g/mol. The highest BCUT2D eigenvalue weighted by Crippen LogP contribution is 2.23. The summed E-state index contributed by atoms with van der Waals surface area (Å²) < 4.78 is 0. The zero-order chi connectivity index (χ0) is 15.4. The minimum Gasteiger partial charge on any atom is -0.325 e. The van der Waals surface area contributed by atoms with E-state index in [4.69, 9.17) is 0 Å². The fraction of sp³-hybridized carbons (Fsp3) is 0.611. The number of likely N-dealkylation sites (tertiary alicyclic amines) is 1. The van der Waals surface area contributed by atoms with Gasteiger partial charge in [0.1, 0.15) is 0 Å². The molecule has 1 fully saturated rings. The minimum atomic E-state index is 0.0257. The van der Waals surface area contributed by atoms with Crippen LogP contribution in [-0.2, 0) is 4.79 Å². The van der Waals surface area contributed by atoms with E-state index in [0.29, 0.717) is 5.92 Å². The van der Waals surface area contributed by atoms with Gasteiger partial charge in [0.25, 0.3) is 5.91 Å². The predicted octanol–water partition coefficient (Wildman–Crippen LogP) is 2.45. The standard InChI is InChI=1S/C18H28N2O/c1-13(2)16-7-5-6-8-17(16)19-18(21)15(4)20-11-9-14(3)10-12-20/h5-8,13-15H,9-12H2,1-4H3,(H,19,21)/p+1/t15-/m1/s1. The Bertz CT molecular complexity index is 476. The van der Waals surface area contributed by atoms with Crippen molar-refractivity contribution in [1.29, 1.82) is 0 Å². The molecular formula is C18H29N2O+. The van der Waals surface area contributed by atoms with Crippen molar-refractivity contribution in [2.45, 2.75) is 52.5 Å². The Morgan fingerprint density at radius 2 is 1.81 bits per heavy atom. The highest BCUT2D eigenvalue weighted by Gasteiger charge is 2.29. The first-order valence-electron chi connectivity index (χ1n) is 8.23. The molecule has 0 radical (unpaired) electrons. The topological polar surface area (TPSA) is 33.5 Å². The van der Waals surface area contributed by atoms with Crippen LogP contribution in [-0.4, -0.2) is 25.0 Å². The second-order valence-corrected chi connectivity index (χ2v) is 6.79. The average Bonchev–Trinajstić information content (AvgIpc) is 2.47. The summed E-state index contributed by atoms with van der Waals surface area (Å²) in [6.45, 7) is 10.9. The molecule has 1 amide bonds. The number of nitrogens with one attached hydrogen (secondary N) is 2. The maximum Gasteiger partial charge on any atom is 0.282 e. The van der Waals surface area contributed by atoms with Gasteiger partial charge in [0.05, 0.1) is 13.1 Å². The molecule has 0 aliphatic carbocycles. The number of hydrogen-bond donors (Lipinski definition) is 2. The third-order valence-corrected chi connectivity index (χ3v) is 4.76. The van der Waals surface area contributed by atoms with E-state index in [1.807, 2.05) is 18.2 Å². The molecule has 0 unspecified atom stereocenters. The number of para-hydroxylation sites is 1. The van der Waals surface area contributed by atoms with Gasteiger partial charge in [-0.25, -0.2) is 0 Å². The van der Waals surface area contributed by atoms with Crippen molar-refractivity contribution in [1.82, 2.24) is 0 Å². The molecule has 1 heterocycles. The highest BCUT2D eigenvalue weighted by atomic mass is 16.2.